The second-order valence-corrected chi connectivity index (χ2v) is 8.19. The summed E-state index contributed by atoms with van der Waals surface area (Å²) in [6.07, 6.45) is 2.00. The van der Waals surface area contributed by atoms with Crippen molar-refractivity contribution in [2.75, 3.05) is 13.2 Å². The van der Waals surface area contributed by atoms with Gasteiger partial charge in [0.2, 0.25) is 0 Å². The van der Waals surface area contributed by atoms with Crippen molar-refractivity contribution in [3.8, 4) is 11.5 Å². The van der Waals surface area contributed by atoms with Gasteiger partial charge < -0.3 is 14.0 Å². The minimum atomic E-state index is -0.117. The van der Waals surface area contributed by atoms with E-state index in [0.717, 1.165) is 27.8 Å². The number of ether oxygens (including phenoxy) is 2. The lowest BCUT2D eigenvalue weighted by Gasteiger charge is -2.22. The van der Waals surface area contributed by atoms with Crippen LogP contribution in [0.15, 0.2) is 59.4 Å². The molecule has 0 saturated heterocycles. The van der Waals surface area contributed by atoms with Gasteiger partial charge in [0.15, 0.2) is 5.75 Å². The maximum atomic E-state index is 12.7. The minimum Gasteiger partial charge on any atom is -0.489 e. The SMILES string of the molecule is Cn1c(=O)c2c(c3ccccc31)C(COc1ccc(C(C)(C)C)cc1)=CCO2. The Bertz CT molecular complexity index is 1120. The number of rotatable bonds is 3. The number of fused-ring (bicyclic) bond motifs is 3. The summed E-state index contributed by atoms with van der Waals surface area (Å²) < 4.78 is 13.4. The number of hydrogen-bond donors (Lipinski definition) is 0. The largest absolute Gasteiger partial charge is 0.489 e. The predicted octanol–water partition coefficient (Wildman–Crippen LogP) is 4.69. The lowest BCUT2D eigenvalue weighted by molar-refractivity contribution is 0.338. The number of nitrogens with zero attached hydrogens (tertiary/aromatic N) is 1. The first kappa shape index (κ1) is 18.4. The van der Waals surface area contributed by atoms with Crippen molar-refractivity contribution in [2.45, 2.75) is 26.2 Å². The number of aromatic nitrogens is 1. The third-order valence-electron chi connectivity index (χ3n) is 5.25. The molecule has 1 aliphatic heterocycles. The van der Waals surface area contributed by atoms with E-state index in [1.807, 2.05) is 42.5 Å². The molecule has 1 aliphatic rings. The summed E-state index contributed by atoms with van der Waals surface area (Å²) in [4.78, 5) is 12.7. The van der Waals surface area contributed by atoms with Crippen molar-refractivity contribution >= 4 is 16.5 Å². The Hall–Kier alpha value is -3.01. The zero-order valence-corrected chi connectivity index (χ0v) is 16.8. The summed E-state index contributed by atoms with van der Waals surface area (Å²) in [5, 5.41) is 0.997. The molecule has 2 aromatic carbocycles. The maximum absolute atomic E-state index is 12.7. The Morgan fingerprint density at radius 2 is 1.79 bits per heavy atom. The molecule has 144 valence electrons. The summed E-state index contributed by atoms with van der Waals surface area (Å²) in [7, 11) is 1.78. The van der Waals surface area contributed by atoms with Gasteiger partial charge in [-0.25, -0.2) is 0 Å². The third kappa shape index (κ3) is 3.19. The molecule has 0 fully saturated rings. The van der Waals surface area contributed by atoms with E-state index in [1.54, 1.807) is 11.6 Å². The topological polar surface area (TPSA) is 40.5 Å². The minimum absolute atomic E-state index is 0.111. The summed E-state index contributed by atoms with van der Waals surface area (Å²) in [5.41, 5.74) is 3.97. The summed E-state index contributed by atoms with van der Waals surface area (Å²) in [6, 6.07) is 16.1. The van der Waals surface area contributed by atoms with E-state index < -0.39 is 0 Å². The van der Waals surface area contributed by atoms with E-state index in [0.29, 0.717) is 19.0 Å². The molecule has 0 unspecified atom stereocenters. The van der Waals surface area contributed by atoms with E-state index in [9.17, 15) is 4.79 Å². The first-order chi connectivity index (χ1) is 13.4. The smallest absolute Gasteiger partial charge is 0.293 e. The molecule has 4 nitrogen and oxygen atoms in total. The van der Waals surface area contributed by atoms with Gasteiger partial charge in [-0.2, -0.15) is 0 Å². The molecule has 3 aromatic rings. The first-order valence-electron chi connectivity index (χ1n) is 9.53. The molecule has 4 rings (SSSR count). The van der Waals surface area contributed by atoms with Crippen molar-refractivity contribution in [3.05, 3.63) is 76.1 Å². The van der Waals surface area contributed by atoms with Crippen LogP contribution in [0.4, 0.5) is 0 Å². The van der Waals surface area contributed by atoms with Gasteiger partial charge in [0.25, 0.3) is 5.56 Å². The molecular formula is C24H25NO3. The maximum Gasteiger partial charge on any atom is 0.293 e. The van der Waals surface area contributed by atoms with E-state index in [4.69, 9.17) is 9.47 Å². The lowest BCUT2D eigenvalue weighted by Crippen LogP contribution is -2.24. The molecule has 0 amide bonds. The summed E-state index contributed by atoms with van der Waals surface area (Å²) in [6.45, 7) is 7.35. The number of benzene rings is 2. The Morgan fingerprint density at radius 3 is 2.50 bits per heavy atom. The Labute approximate surface area is 165 Å². The van der Waals surface area contributed by atoms with Gasteiger partial charge in [0.05, 0.1) is 5.52 Å². The second-order valence-electron chi connectivity index (χ2n) is 8.19. The van der Waals surface area contributed by atoms with Gasteiger partial charge in [-0.05, 0) is 35.3 Å². The molecule has 0 aliphatic carbocycles. The molecule has 2 heterocycles. The quantitative estimate of drug-likeness (QED) is 0.667. The number of aryl methyl sites for hydroxylation is 1. The molecule has 1 aromatic heterocycles. The fourth-order valence-electron chi connectivity index (χ4n) is 3.59. The average Bonchev–Trinajstić information content (AvgIpc) is 2.70. The van der Waals surface area contributed by atoms with E-state index in [1.165, 1.54) is 5.56 Å². The van der Waals surface area contributed by atoms with Gasteiger partial charge in [-0.1, -0.05) is 51.1 Å². The van der Waals surface area contributed by atoms with Crippen LogP contribution in [0.25, 0.3) is 16.5 Å². The van der Waals surface area contributed by atoms with Crippen LogP contribution >= 0.6 is 0 Å². The highest BCUT2D eigenvalue weighted by Gasteiger charge is 2.23. The third-order valence-corrected chi connectivity index (χ3v) is 5.25. The molecule has 0 saturated carbocycles. The van der Waals surface area contributed by atoms with Gasteiger partial charge >= 0.3 is 0 Å². The Kier molecular flexibility index (Phi) is 4.50. The molecular weight excluding hydrogens is 350 g/mol. The zero-order valence-electron chi connectivity index (χ0n) is 16.8. The second kappa shape index (κ2) is 6.86. The Morgan fingerprint density at radius 1 is 1.07 bits per heavy atom. The lowest BCUT2D eigenvalue weighted by atomic mass is 9.87. The number of pyridine rings is 1. The van der Waals surface area contributed by atoms with Crippen LogP contribution in [0.5, 0.6) is 11.5 Å². The van der Waals surface area contributed by atoms with Gasteiger partial charge in [-0.15, -0.1) is 0 Å². The van der Waals surface area contributed by atoms with Crippen molar-refractivity contribution in [1.29, 1.82) is 0 Å². The van der Waals surface area contributed by atoms with E-state index >= 15 is 0 Å². The van der Waals surface area contributed by atoms with Crippen molar-refractivity contribution in [1.82, 2.24) is 4.57 Å². The fourth-order valence-corrected chi connectivity index (χ4v) is 3.59. The highest BCUT2D eigenvalue weighted by atomic mass is 16.5. The molecule has 0 N–H and O–H groups in total. The van der Waals surface area contributed by atoms with Crippen LogP contribution in [0, 0.1) is 0 Å². The first-order valence-corrected chi connectivity index (χ1v) is 9.53. The highest BCUT2D eigenvalue weighted by Crippen LogP contribution is 2.34. The monoisotopic (exact) mass is 375 g/mol. The molecule has 0 radical (unpaired) electrons. The van der Waals surface area contributed by atoms with Gasteiger partial charge in [0.1, 0.15) is 19.0 Å². The normalized spacial score (nSPS) is 13.6. The molecule has 28 heavy (non-hydrogen) atoms. The van der Waals surface area contributed by atoms with Crippen LogP contribution in [0.3, 0.4) is 0 Å². The van der Waals surface area contributed by atoms with Crippen LogP contribution in [0.1, 0.15) is 31.9 Å². The zero-order chi connectivity index (χ0) is 19.9. The molecule has 0 bridgehead atoms. The fraction of sp³-hybridized carbons (Fsp3) is 0.292. The van der Waals surface area contributed by atoms with Gasteiger partial charge in [0, 0.05) is 23.6 Å². The Balaban J connectivity index is 1.67. The summed E-state index contributed by atoms with van der Waals surface area (Å²) >= 11 is 0. The standard InChI is InChI=1S/C24H25NO3/c1-24(2,3)17-9-11-18(12-10-17)28-15-16-13-14-27-22-21(16)19-7-5-6-8-20(19)25(4)23(22)26/h5-13H,14-15H2,1-4H3. The summed E-state index contributed by atoms with van der Waals surface area (Å²) in [5.74, 6) is 1.22. The van der Waals surface area contributed by atoms with Crippen LogP contribution in [-0.4, -0.2) is 17.8 Å². The highest BCUT2D eigenvalue weighted by molar-refractivity contribution is 5.95. The van der Waals surface area contributed by atoms with Crippen molar-refractivity contribution in [2.24, 2.45) is 7.05 Å². The molecule has 0 atom stereocenters. The average molecular weight is 375 g/mol. The van der Waals surface area contributed by atoms with E-state index in [-0.39, 0.29) is 11.0 Å². The molecule has 4 heteroatoms. The number of hydrogen-bond acceptors (Lipinski definition) is 3. The van der Waals surface area contributed by atoms with Gasteiger partial charge in [-0.3, -0.25) is 4.79 Å². The van der Waals surface area contributed by atoms with Crippen LogP contribution in [-0.2, 0) is 12.5 Å². The van der Waals surface area contributed by atoms with Crippen molar-refractivity contribution < 1.29 is 9.47 Å². The predicted molar refractivity (Wildman–Crippen MR) is 113 cm³/mol. The van der Waals surface area contributed by atoms with Crippen LogP contribution < -0.4 is 15.0 Å². The van der Waals surface area contributed by atoms with E-state index in [2.05, 4.69) is 32.9 Å². The number of para-hydroxylation sites is 1. The molecule has 0 spiro atoms. The van der Waals surface area contributed by atoms with Crippen molar-refractivity contribution in [3.63, 3.8) is 0 Å². The van der Waals surface area contributed by atoms with Crippen LogP contribution in [0.2, 0.25) is 0 Å².